The van der Waals surface area contributed by atoms with E-state index < -0.39 is 0 Å². The lowest BCUT2D eigenvalue weighted by Gasteiger charge is -2.42. The van der Waals surface area contributed by atoms with Crippen LogP contribution in [-0.4, -0.2) is 38.2 Å². The lowest BCUT2D eigenvalue weighted by atomic mass is 9.85. The van der Waals surface area contributed by atoms with Gasteiger partial charge in [-0.2, -0.15) is 0 Å². The molecule has 1 N–H and O–H groups in total. The first kappa shape index (κ1) is 18.0. The van der Waals surface area contributed by atoms with Crippen LogP contribution in [0.5, 0.6) is 5.75 Å². The van der Waals surface area contributed by atoms with Crippen molar-refractivity contribution < 1.29 is 4.74 Å². The normalized spacial score (nSPS) is 16.6. The van der Waals surface area contributed by atoms with E-state index in [1.807, 2.05) is 19.2 Å². The smallest absolute Gasteiger partial charge is 0.118 e. The van der Waals surface area contributed by atoms with Crippen LogP contribution in [-0.2, 0) is 0 Å². The predicted octanol–water partition coefficient (Wildman–Crippen LogP) is 3.71. The lowest BCUT2D eigenvalue weighted by molar-refractivity contribution is 0.0867. The van der Waals surface area contributed by atoms with E-state index in [-0.39, 0.29) is 5.41 Å². The van der Waals surface area contributed by atoms with Gasteiger partial charge in [0.2, 0.25) is 0 Å². The molecule has 1 rings (SSSR count). The zero-order valence-electron chi connectivity index (χ0n) is 14.9. The monoisotopic (exact) mass is 292 g/mol. The number of rotatable bonds is 6. The van der Waals surface area contributed by atoms with Gasteiger partial charge in [0.15, 0.2) is 0 Å². The van der Waals surface area contributed by atoms with Crippen LogP contribution in [0.3, 0.4) is 0 Å². The molecule has 0 aromatic heterocycles. The van der Waals surface area contributed by atoms with E-state index >= 15 is 0 Å². The number of hydrogen-bond donors (Lipinski definition) is 1. The highest BCUT2D eigenvalue weighted by Gasteiger charge is 2.30. The molecular weight excluding hydrogens is 260 g/mol. The zero-order valence-corrected chi connectivity index (χ0v) is 14.9. The highest BCUT2D eigenvalue weighted by atomic mass is 16.5. The Morgan fingerprint density at radius 1 is 1.10 bits per heavy atom. The van der Waals surface area contributed by atoms with E-state index in [1.165, 1.54) is 5.56 Å². The van der Waals surface area contributed by atoms with Gasteiger partial charge in [-0.25, -0.2) is 0 Å². The van der Waals surface area contributed by atoms with E-state index in [2.05, 4.69) is 64.0 Å². The summed E-state index contributed by atoms with van der Waals surface area (Å²) in [5.74, 6) is 0.901. The van der Waals surface area contributed by atoms with Crippen LogP contribution in [0.15, 0.2) is 24.3 Å². The van der Waals surface area contributed by atoms with Crippen LogP contribution in [0.1, 0.15) is 46.2 Å². The summed E-state index contributed by atoms with van der Waals surface area (Å²) >= 11 is 0. The Kier molecular flexibility index (Phi) is 6.24. The topological polar surface area (TPSA) is 24.5 Å². The molecule has 0 fully saturated rings. The predicted molar refractivity (Wildman–Crippen MR) is 90.9 cm³/mol. The fraction of sp³-hybridized carbons (Fsp3) is 0.667. The highest BCUT2D eigenvalue weighted by molar-refractivity contribution is 5.29. The number of ether oxygens (including phenoxy) is 1. The molecule has 3 unspecified atom stereocenters. The molecule has 120 valence electrons. The third kappa shape index (κ3) is 4.45. The number of benzene rings is 1. The van der Waals surface area contributed by atoms with Gasteiger partial charge in [-0.15, -0.1) is 0 Å². The fourth-order valence-corrected chi connectivity index (χ4v) is 2.70. The lowest BCUT2D eigenvalue weighted by Crippen LogP contribution is -2.48. The van der Waals surface area contributed by atoms with Crippen LogP contribution < -0.4 is 10.1 Å². The Morgan fingerprint density at radius 2 is 1.62 bits per heavy atom. The van der Waals surface area contributed by atoms with Crippen LogP contribution >= 0.6 is 0 Å². The first-order valence-electron chi connectivity index (χ1n) is 7.75. The second-order valence-corrected chi connectivity index (χ2v) is 6.99. The maximum Gasteiger partial charge on any atom is 0.118 e. The third-order valence-corrected chi connectivity index (χ3v) is 4.77. The first-order chi connectivity index (χ1) is 9.72. The Bertz CT molecular complexity index is 422. The second-order valence-electron chi connectivity index (χ2n) is 6.99. The summed E-state index contributed by atoms with van der Waals surface area (Å²) in [7, 11) is 5.95. The highest BCUT2D eigenvalue weighted by Crippen LogP contribution is 2.29. The molecule has 21 heavy (non-hydrogen) atoms. The molecule has 0 bridgehead atoms. The molecule has 0 saturated carbocycles. The summed E-state index contributed by atoms with van der Waals surface area (Å²) in [5.41, 5.74) is 1.56. The van der Waals surface area contributed by atoms with E-state index in [0.29, 0.717) is 18.1 Å². The quantitative estimate of drug-likeness (QED) is 0.865. The Morgan fingerprint density at radius 3 is 2.00 bits per heavy atom. The molecule has 0 aliphatic heterocycles. The minimum absolute atomic E-state index is 0.265. The van der Waals surface area contributed by atoms with E-state index in [4.69, 9.17) is 4.74 Å². The second kappa shape index (κ2) is 7.28. The van der Waals surface area contributed by atoms with Gasteiger partial charge < -0.3 is 10.1 Å². The minimum Gasteiger partial charge on any atom is -0.497 e. The van der Waals surface area contributed by atoms with Crippen molar-refractivity contribution >= 4 is 0 Å². The molecule has 0 amide bonds. The van der Waals surface area contributed by atoms with E-state index in [9.17, 15) is 0 Å². The molecule has 0 aliphatic rings. The van der Waals surface area contributed by atoms with Gasteiger partial charge in [0, 0.05) is 18.1 Å². The van der Waals surface area contributed by atoms with Gasteiger partial charge in [0.1, 0.15) is 5.75 Å². The van der Waals surface area contributed by atoms with Gasteiger partial charge >= 0.3 is 0 Å². The van der Waals surface area contributed by atoms with Crippen LogP contribution in [0.25, 0.3) is 0 Å². The Balaban J connectivity index is 2.92. The van der Waals surface area contributed by atoms with Crippen molar-refractivity contribution in [2.24, 2.45) is 5.41 Å². The van der Waals surface area contributed by atoms with Gasteiger partial charge in [0.05, 0.1) is 7.11 Å². The standard InChI is InChI=1S/C18H32N2O/c1-13(20(7)14(2)18(3,4)5)17(19-6)15-9-11-16(21-8)12-10-15/h9-14,17,19H,1-8H3. The molecule has 0 saturated heterocycles. The van der Waals surface area contributed by atoms with Crippen LogP contribution in [0.4, 0.5) is 0 Å². The number of methoxy groups -OCH3 is 1. The van der Waals surface area contributed by atoms with Crippen molar-refractivity contribution in [2.45, 2.75) is 52.7 Å². The van der Waals surface area contributed by atoms with Crippen molar-refractivity contribution in [3.8, 4) is 5.75 Å². The van der Waals surface area contributed by atoms with Gasteiger partial charge in [-0.1, -0.05) is 32.9 Å². The van der Waals surface area contributed by atoms with Crippen molar-refractivity contribution in [1.29, 1.82) is 0 Å². The minimum atomic E-state index is 0.265. The summed E-state index contributed by atoms with van der Waals surface area (Å²) in [6, 6.07) is 9.54. The molecule has 3 atom stereocenters. The number of hydrogen-bond acceptors (Lipinski definition) is 3. The summed E-state index contributed by atoms with van der Waals surface area (Å²) in [6.07, 6.45) is 0. The molecule has 0 radical (unpaired) electrons. The number of likely N-dealkylation sites (N-methyl/N-ethyl adjacent to an activating group) is 2. The number of nitrogens with one attached hydrogen (secondary N) is 1. The number of nitrogens with zero attached hydrogens (tertiary/aromatic N) is 1. The average molecular weight is 292 g/mol. The molecule has 0 heterocycles. The SMILES string of the molecule is CNC(c1ccc(OC)cc1)C(C)N(C)C(C)C(C)(C)C. The average Bonchev–Trinajstić information content (AvgIpc) is 2.46. The fourth-order valence-electron chi connectivity index (χ4n) is 2.70. The molecule has 1 aromatic carbocycles. The molecule has 3 nitrogen and oxygen atoms in total. The van der Waals surface area contributed by atoms with Crippen LogP contribution in [0.2, 0.25) is 0 Å². The van der Waals surface area contributed by atoms with Crippen molar-refractivity contribution in [1.82, 2.24) is 10.2 Å². The summed E-state index contributed by atoms with van der Waals surface area (Å²) in [6.45, 7) is 11.5. The summed E-state index contributed by atoms with van der Waals surface area (Å²) in [4.78, 5) is 2.46. The summed E-state index contributed by atoms with van der Waals surface area (Å²) in [5, 5.41) is 3.46. The maximum absolute atomic E-state index is 5.24. The maximum atomic E-state index is 5.24. The van der Waals surface area contributed by atoms with Gasteiger partial charge in [0.25, 0.3) is 0 Å². The molecule has 1 aromatic rings. The van der Waals surface area contributed by atoms with E-state index in [1.54, 1.807) is 7.11 Å². The summed E-state index contributed by atoms with van der Waals surface area (Å²) < 4.78 is 5.24. The largest absolute Gasteiger partial charge is 0.497 e. The zero-order chi connectivity index (χ0) is 16.2. The van der Waals surface area contributed by atoms with Crippen molar-refractivity contribution in [3.63, 3.8) is 0 Å². The molecule has 0 aliphatic carbocycles. The van der Waals surface area contributed by atoms with Gasteiger partial charge in [-0.3, -0.25) is 4.90 Å². The van der Waals surface area contributed by atoms with Crippen LogP contribution in [0, 0.1) is 5.41 Å². The Hall–Kier alpha value is -1.06. The van der Waals surface area contributed by atoms with Crippen molar-refractivity contribution in [3.05, 3.63) is 29.8 Å². The molecule has 0 spiro atoms. The molecule has 3 heteroatoms. The van der Waals surface area contributed by atoms with Crippen molar-refractivity contribution in [2.75, 3.05) is 21.2 Å². The van der Waals surface area contributed by atoms with Gasteiger partial charge in [-0.05, 0) is 51.1 Å². The first-order valence-corrected chi connectivity index (χ1v) is 7.75. The third-order valence-electron chi connectivity index (χ3n) is 4.77. The Labute approximate surface area is 130 Å². The molecular formula is C18H32N2O. The van der Waals surface area contributed by atoms with E-state index in [0.717, 1.165) is 5.75 Å².